The Morgan fingerprint density at radius 2 is 1.79 bits per heavy atom. The molecule has 4 rings (SSSR count). The summed E-state index contributed by atoms with van der Waals surface area (Å²) in [6, 6.07) is 16.0. The number of rotatable bonds is 11. The molecule has 2 aromatic carbocycles. The minimum atomic E-state index is -1.04. The van der Waals surface area contributed by atoms with Gasteiger partial charge in [0.05, 0.1) is 33.1 Å². The number of ether oxygens (including phenoxy) is 3. The van der Waals surface area contributed by atoms with Crippen molar-refractivity contribution in [3.63, 3.8) is 0 Å². The third-order valence-electron chi connectivity index (χ3n) is 6.21. The molecular formula is C28H31N3O7. The highest BCUT2D eigenvalue weighted by molar-refractivity contribution is 6.04. The summed E-state index contributed by atoms with van der Waals surface area (Å²) in [6.07, 6.45) is 3.09. The Labute approximate surface area is 220 Å². The van der Waals surface area contributed by atoms with Crippen molar-refractivity contribution in [3.05, 3.63) is 78.3 Å². The molecule has 1 aliphatic heterocycles. The summed E-state index contributed by atoms with van der Waals surface area (Å²) in [7, 11) is 3.00. The predicted octanol–water partition coefficient (Wildman–Crippen LogP) is 3.10. The van der Waals surface area contributed by atoms with Gasteiger partial charge in [-0.25, -0.2) is 0 Å². The van der Waals surface area contributed by atoms with Crippen LogP contribution in [0.15, 0.2) is 71.3 Å². The quantitative estimate of drug-likeness (QED) is 0.398. The molecule has 3 aromatic rings. The summed E-state index contributed by atoms with van der Waals surface area (Å²) in [5.41, 5.74) is 0.985. The first-order chi connectivity index (χ1) is 18.5. The van der Waals surface area contributed by atoms with Crippen molar-refractivity contribution in [2.75, 3.05) is 38.8 Å². The lowest BCUT2D eigenvalue weighted by molar-refractivity contribution is -0.126. The second-order valence-corrected chi connectivity index (χ2v) is 8.66. The van der Waals surface area contributed by atoms with Crippen molar-refractivity contribution >= 4 is 23.4 Å². The van der Waals surface area contributed by atoms with Gasteiger partial charge in [0.2, 0.25) is 11.8 Å². The van der Waals surface area contributed by atoms with E-state index >= 15 is 0 Å². The van der Waals surface area contributed by atoms with Crippen LogP contribution in [0.1, 0.15) is 35.0 Å². The van der Waals surface area contributed by atoms with Crippen LogP contribution >= 0.6 is 0 Å². The third kappa shape index (κ3) is 6.33. The minimum absolute atomic E-state index is 0.0735. The number of amides is 3. The Kier molecular flexibility index (Phi) is 8.99. The number of nitrogens with one attached hydrogen (secondary N) is 2. The molecule has 1 saturated heterocycles. The number of anilines is 1. The maximum Gasteiger partial charge on any atom is 0.287 e. The summed E-state index contributed by atoms with van der Waals surface area (Å²) in [5, 5.41) is 5.53. The van der Waals surface area contributed by atoms with E-state index in [0.29, 0.717) is 35.9 Å². The number of hydrogen-bond donors (Lipinski definition) is 2. The van der Waals surface area contributed by atoms with E-state index in [4.69, 9.17) is 18.6 Å². The smallest absolute Gasteiger partial charge is 0.287 e. The zero-order chi connectivity index (χ0) is 26.9. The topological polar surface area (TPSA) is 119 Å². The fourth-order valence-corrected chi connectivity index (χ4v) is 4.32. The van der Waals surface area contributed by atoms with Crippen LogP contribution in [0.2, 0.25) is 0 Å². The molecule has 38 heavy (non-hydrogen) atoms. The average molecular weight is 522 g/mol. The molecule has 2 atom stereocenters. The fourth-order valence-electron chi connectivity index (χ4n) is 4.32. The summed E-state index contributed by atoms with van der Waals surface area (Å²) < 4.78 is 21.6. The van der Waals surface area contributed by atoms with Crippen molar-refractivity contribution in [1.82, 2.24) is 10.6 Å². The van der Waals surface area contributed by atoms with Crippen molar-refractivity contribution in [2.24, 2.45) is 0 Å². The van der Waals surface area contributed by atoms with E-state index in [2.05, 4.69) is 10.6 Å². The summed E-state index contributed by atoms with van der Waals surface area (Å²) in [4.78, 5) is 41.3. The van der Waals surface area contributed by atoms with Crippen LogP contribution in [0, 0.1) is 0 Å². The normalized spacial score (nSPS) is 15.4. The number of furan rings is 1. The van der Waals surface area contributed by atoms with Gasteiger partial charge in [0.1, 0.15) is 6.04 Å². The SMILES string of the molecule is COc1ccc(N(C(=O)CNC(=O)c2ccco2)[C@@H](C(=O)NC[C@H]2CCCO2)c2ccccc2)cc1OC. The lowest BCUT2D eigenvalue weighted by Gasteiger charge is -2.32. The molecular weight excluding hydrogens is 490 g/mol. The number of nitrogens with zero attached hydrogens (tertiary/aromatic N) is 1. The Hall–Kier alpha value is -4.31. The molecule has 0 saturated carbocycles. The van der Waals surface area contributed by atoms with Gasteiger partial charge in [-0.3, -0.25) is 19.3 Å². The minimum Gasteiger partial charge on any atom is -0.493 e. The molecule has 1 fully saturated rings. The molecule has 10 heteroatoms. The van der Waals surface area contributed by atoms with Gasteiger partial charge in [-0.2, -0.15) is 0 Å². The first kappa shape index (κ1) is 26.7. The van der Waals surface area contributed by atoms with E-state index in [9.17, 15) is 14.4 Å². The van der Waals surface area contributed by atoms with Crippen LogP contribution in [-0.2, 0) is 14.3 Å². The van der Waals surface area contributed by atoms with Gasteiger partial charge in [0.25, 0.3) is 5.91 Å². The van der Waals surface area contributed by atoms with Crippen molar-refractivity contribution in [2.45, 2.75) is 25.0 Å². The number of hydrogen-bond acceptors (Lipinski definition) is 7. The lowest BCUT2D eigenvalue weighted by atomic mass is 10.0. The Bertz CT molecular complexity index is 1220. The van der Waals surface area contributed by atoms with Gasteiger partial charge in [-0.05, 0) is 42.7 Å². The van der Waals surface area contributed by atoms with Gasteiger partial charge in [-0.15, -0.1) is 0 Å². The summed E-state index contributed by atoms with van der Waals surface area (Å²) in [6.45, 7) is 0.607. The van der Waals surface area contributed by atoms with E-state index < -0.39 is 17.9 Å². The van der Waals surface area contributed by atoms with E-state index in [1.807, 2.05) is 6.07 Å². The monoisotopic (exact) mass is 521 g/mol. The standard InChI is InChI=1S/C28H31N3O7/c1-35-22-13-12-20(16-24(22)36-2)31(25(32)18-30-27(33)23-11-7-15-38-23)26(19-8-4-3-5-9-19)28(34)29-17-21-10-6-14-37-21/h3-5,7-9,11-13,15-16,21,26H,6,10,14,17-18H2,1-2H3,(H,29,34)(H,30,33)/t21-,26-/m1/s1. The zero-order valence-electron chi connectivity index (χ0n) is 21.3. The predicted molar refractivity (Wildman–Crippen MR) is 139 cm³/mol. The van der Waals surface area contributed by atoms with Crippen LogP contribution in [0.5, 0.6) is 11.5 Å². The molecule has 0 bridgehead atoms. The molecule has 2 heterocycles. The summed E-state index contributed by atoms with van der Waals surface area (Å²) >= 11 is 0. The highest BCUT2D eigenvalue weighted by Crippen LogP contribution is 2.35. The number of benzene rings is 2. The van der Waals surface area contributed by atoms with Crippen molar-refractivity contribution in [1.29, 1.82) is 0 Å². The second-order valence-electron chi connectivity index (χ2n) is 8.66. The molecule has 0 spiro atoms. The molecule has 3 amide bonds. The van der Waals surface area contributed by atoms with Gasteiger partial charge < -0.3 is 29.3 Å². The maximum absolute atomic E-state index is 13.8. The zero-order valence-corrected chi connectivity index (χ0v) is 21.3. The van der Waals surface area contributed by atoms with E-state index in [0.717, 1.165) is 12.8 Å². The molecule has 1 aliphatic rings. The number of carbonyl (C=O) groups is 3. The van der Waals surface area contributed by atoms with Gasteiger partial charge >= 0.3 is 0 Å². The molecule has 1 aromatic heterocycles. The molecule has 0 aliphatic carbocycles. The van der Waals surface area contributed by atoms with Gasteiger partial charge in [0, 0.05) is 24.9 Å². The van der Waals surface area contributed by atoms with Crippen LogP contribution in [-0.4, -0.2) is 57.7 Å². The molecule has 200 valence electrons. The molecule has 0 unspecified atom stereocenters. The fraction of sp³-hybridized carbons (Fsp3) is 0.321. The summed E-state index contributed by atoms with van der Waals surface area (Å²) in [5.74, 6) is -0.521. The molecule has 0 radical (unpaired) electrons. The molecule has 2 N–H and O–H groups in total. The van der Waals surface area contributed by atoms with Gasteiger partial charge in [0.15, 0.2) is 17.3 Å². The molecule has 10 nitrogen and oxygen atoms in total. The largest absolute Gasteiger partial charge is 0.493 e. The Morgan fingerprint density at radius 3 is 2.45 bits per heavy atom. The lowest BCUT2D eigenvalue weighted by Crippen LogP contribution is -2.48. The number of methoxy groups -OCH3 is 2. The van der Waals surface area contributed by atoms with E-state index in [1.54, 1.807) is 48.5 Å². The van der Waals surface area contributed by atoms with E-state index in [1.165, 1.54) is 31.4 Å². The third-order valence-corrected chi connectivity index (χ3v) is 6.21. The maximum atomic E-state index is 13.8. The first-order valence-electron chi connectivity index (χ1n) is 12.3. The van der Waals surface area contributed by atoms with E-state index in [-0.39, 0.29) is 24.3 Å². The highest BCUT2D eigenvalue weighted by atomic mass is 16.5. The second kappa shape index (κ2) is 12.8. The average Bonchev–Trinajstić information content (AvgIpc) is 3.68. The van der Waals surface area contributed by atoms with Crippen molar-refractivity contribution < 1.29 is 33.0 Å². The van der Waals surface area contributed by atoms with Gasteiger partial charge in [-0.1, -0.05) is 30.3 Å². The Balaban J connectivity index is 1.69. The Morgan fingerprint density at radius 1 is 1.00 bits per heavy atom. The van der Waals surface area contributed by atoms with Crippen LogP contribution in [0.3, 0.4) is 0 Å². The van der Waals surface area contributed by atoms with Crippen LogP contribution in [0.25, 0.3) is 0 Å². The van der Waals surface area contributed by atoms with Crippen LogP contribution < -0.4 is 25.0 Å². The first-order valence-corrected chi connectivity index (χ1v) is 12.3. The van der Waals surface area contributed by atoms with Crippen LogP contribution in [0.4, 0.5) is 5.69 Å². The number of carbonyl (C=O) groups excluding carboxylic acids is 3. The van der Waals surface area contributed by atoms with Crippen molar-refractivity contribution in [3.8, 4) is 11.5 Å². The highest BCUT2D eigenvalue weighted by Gasteiger charge is 2.34.